The van der Waals surface area contributed by atoms with E-state index in [1.165, 1.54) is 11.3 Å². The molecule has 3 nitrogen and oxygen atoms in total. The average molecular weight is 172 g/mol. The van der Waals surface area contributed by atoms with Gasteiger partial charge in [-0.15, -0.1) is 11.3 Å². The standard InChI is InChI=1S/C7H8O3S/c8-3-6-7-5(4-11-6)9-1-2-10-7/h4,8H,1-3H2. The molecule has 0 spiro atoms. The van der Waals surface area contributed by atoms with Crippen molar-refractivity contribution in [2.24, 2.45) is 0 Å². The normalized spacial score (nSPS) is 15.0. The lowest BCUT2D eigenvalue weighted by Crippen LogP contribution is -2.14. The number of rotatable bonds is 1. The molecule has 4 heteroatoms. The van der Waals surface area contributed by atoms with Crippen LogP contribution in [0.2, 0.25) is 0 Å². The van der Waals surface area contributed by atoms with Gasteiger partial charge >= 0.3 is 0 Å². The van der Waals surface area contributed by atoms with Crippen LogP contribution in [0.3, 0.4) is 0 Å². The van der Waals surface area contributed by atoms with Crippen molar-refractivity contribution in [1.29, 1.82) is 0 Å². The summed E-state index contributed by atoms with van der Waals surface area (Å²) in [6.07, 6.45) is 0. The highest BCUT2D eigenvalue weighted by Crippen LogP contribution is 2.38. The van der Waals surface area contributed by atoms with E-state index in [4.69, 9.17) is 14.6 Å². The summed E-state index contributed by atoms with van der Waals surface area (Å²) in [5.41, 5.74) is 0. The van der Waals surface area contributed by atoms with Crippen LogP contribution < -0.4 is 9.47 Å². The zero-order chi connectivity index (χ0) is 7.68. The van der Waals surface area contributed by atoms with Crippen molar-refractivity contribution < 1.29 is 14.6 Å². The van der Waals surface area contributed by atoms with E-state index >= 15 is 0 Å². The predicted molar refractivity (Wildman–Crippen MR) is 41.2 cm³/mol. The van der Waals surface area contributed by atoms with Gasteiger partial charge in [0.05, 0.1) is 11.5 Å². The minimum absolute atomic E-state index is 0.0311. The highest BCUT2D eigenvalue weighted by atomic mass is 32.1. The Kier molecular flexibility index (Phi) is 1.71. The largest absolute Gasteiger partial charge is 0.485 e. The van der Waals surface area contributed by atoms with Crippen molar-refractivity contribution in [3.8, 4) is 11.5 Å². The lowest BCUT2D eigenvalue weighted by Gasteiger charge is -2.15. The number of aliphatic hydroxyl groups excluding tert-OH is 1. The number of hydrogen-bond acceptors (Lipinski definition) is 4. The lowest BCUT2D eigenvalue weighted by molar-refractivity contribution is 0.168. The fourth-order valence-corrected chi connectivity index (χ4v) is 1.79. The minimum atomic E-state index is 0.0311. The monoisotopic (exact) mass is 172 g/mol. The molecule has 2 rings (SSSR count). The van der Waals surface area contributed by atoms with Crippen LogP contribution in [-0.4, -0.2) is 18.3 Å². The first-order valence-corrected chi connectivity index (χ1v) is 4.26. The molecule has 0 unspecified atom stereocenters. The first-order valence-electron chi connectivity index (χ1n) is 3.38. The predicted octanol–water partition coefficient (Wildman–Crippen LogP) is 1.01. The number of hydrogen-bond donors (Lipinski definition) is 1. The molecule has 1 aromatic heterocycles. The molecule has 11 heavy (non-hydrogen) atoms. The second-order valence-corrected chi connectivity index (χ2v) is 3.17. The van der Waals surface area contributed by atoms with E-state index in [0.29, 0.717) is 13.2 Å². The van der Waals surface area contributed by atoms with Crippen LogP contribution in [0.15, 0.2) is 5.38 Å². The van der Waals surface area contributed by atoms with Gasteiger partial charge in [0, 0.05) is 5.38 Å². The van der Waals surface area contributed by atoms with Crippen LogP contribution in [0.1, 0.15) is 4.88 Å². The minimum Gasteiger partial charge on any atom is -0.485 e. The van der Waals surface area contributed by atoms with Crippen molar-refractivity contribution in [2.75, 3.05) is 13.2 Å². The molecular weight excluding hydrogens is 164 g/mol. The van der Waals surface area contributed by atoms with Gasteiger partial charge in [-0.2, -0.15) is 0 Å². The number of thiophene rings is 1. The van der Waals surface area contributed by atoms with Crippen LogP contribution in [0, 0.1) is 0 Å². The SMILES string of the molecule is OCc1scc2c1OCCO2. The maximum absolute atomic E-state index is 8.86. The third-order valence-electron chi connectivity index (χ3n) is 1.52. The maximum atomic E-state index is 8.86. The van der Waals surface area contributed by atoms with Crippen molar-refractivity contribution in [3.63, 3.8) is 0 Å². The molecule has 1 aromatic rings. The Labute approximate surface area is 68.2 Å². The highest BCUT2D eigenvalue weighted by Gasteiger charge is 2.17. The molecule has 0 bridgehead atoms. The Bertz CT molecular complexity index is 243. The molecule has 0 atom stereocenters. The van der Waals surface area contributed by atoms with Gasteiger partial charge in [0.25, 0.3) is 0 Å². The van der Waals surface area contributed by atoms with Crippen molar-refractivity contribution in [2.45, 2.75) is 6.61 Å². The van der Waals surface area contributed by atoms with Gasteiger partial charge in [-0.25, -0.2) is 0 Å². The average Bonchev–Trinajstić information content (AvgIpc) is 2.47. The Morgan fingerprint density at radius 1 is 1.45 bits per heavy atom. The van der Waals surface area contributed by atoms with Crippen LogP contribution >= 0.6 is 11.3 Å². The van der Waals surface area contributed by atoms with Crippen LogP contribution in [0.5, 0.6) is 11.5 Å². The topological polar surface area (TPSA) is 38.7 Å². The molecule has 1 aliphatic rings. The first kappa shape index (κ1) is 6.94. The summed E-state index contributed by atoms with van der Waals surface area (Å²) < 4.78 is 10.6. The lowest BCUT2D eigenvalue weighted by atomic mass is 10.4. The maximum Gasteiger partial charge on any atom is 0.177 e. The van der Waals surface area contributed by atoms with Crippen molar-refractivity contribution >= 4 is 11.3 Å². The number of aliphatic hydroxyl groups is 1. The Balaban J connectivity index is 2.38. The number of ether oxygens (including phenoxy) is 2. The summed E-state index contributed by atoms with van der Waals surface area (Å²) in [6, 6.07) is 0. The van der Waals surface area contributed by atoms with E-state index in [1.807, 2.05) is 5.38 Å². The summed E-state index contributed by atoms with van der Waals surface area (Å²) in [5.74, 6) is 1.49. The van der Waals surface area contributed by atoms with E-state index < -0.39 is 0 Å². The zero-order valence-corrected chi connectivity index (χ0v) is 6.69. The molecule has 0 radical (unpaired) electrons. The zero-order valence-electron chi connectivity index (χ0n) is 5.87. The Morgan fingerprint density at radius 2 is 2.27 bits per heavy atom. The van der Waals surface area contributed by atoms with E-state index in [9.17, 15) is 0 Å². The molecule has 1 aliphatic heterocycles. The quantitative estimate of drug-likeness (QED) is 0.687. The first-order chi connectivity index (χ1) is 5.42. The third-order valence-corrected chi connectivity index (χ3v) is 2.45. The fraction of sp³-hybridized carbons (Fsp3) is 0.429. The molecule has 0 saturated carbocycles. The summed E-state index contributed by atoms with van der Waals surface area (Å²) in [4.78, 5) is 0.847. The van der Waals surface area contributed by atoms with Gasteiger partial charge in [-0.3, -0.25) is 0 Å². The van der Waals surface area contributed by atoms with E-state index in [-0.39, 0.29) is 6.61 Å². The van der Waals surface area contributed by atoms with Gasteiger partial charge < -0.3 is 14.6 Å². The molecule has 0 fully saturated rings. The van der Waals surface area contributed by atoms with Crippen molar-refractivity contribution in [1.82, 2.24) is 0 Å². The Morgan fingerprint density at radius 3 is 3.09 bits per heavy atom. The van der Waals surface area contributed by atoms with Crippen LogP contribution in [-0.2, 0) is 6.61 Å². The van der Waals surface area contributed by atoms with Crippen molar-refractivity contribution in [3.05, 3.63) is 10.3 Å². The molecule has 2 heterocycles. The van der Waals surface area contributed by atoms with Gasteiger partial charge in [-0.1, -0.05) is 0 Å². The van der Waals surface area contributed by atoms with Gasteiger partial charge in [0.2, 0.25) is 0 Å². The number of fused-ring (bicyclic) bond motifs is 1. The molecule has 0 saturated heterocycles. The second-order valence-electron chi connectivity index (χ2n) is 2.21. The molecule has 0 aliphatic carbocycles. The highest BCUT2D eigenvalue weighted by molar-refractivity contribution is 7.10. The molecular formula is C7H8O3S. The summed E-state index contributed by atoms with van der Waals surface area (Å²) in [6.45, 7) is 1.22. The fourth-order valence-electron chi connectivity index (χ4n) is 1.02. The second kappa shape index (κ2) is 2.71. The van der Waals surface area contributed by atoms with E-state index in [1.54, 1.807) is 0 Å². The smallest absolute Gasteiger partial charge is 0.177 e. The summed E-state index contributed by atoms with van der Waals surface area (Å²) >= 11 is 1.47. The van der Waals surface area contributed by atoms with Gasteiger partial charge in [0.1, 0.15) is 13.2 Å². The Hall–Kier alpha value is -0.740. The molecule has 0 aromatic carbocycles. The van der Waals surface area contributed by atoms with Gasteiger partial charge in [-0.05, 0) is 0 Å². The van der Waals surface area contributed by atoms with E-state index in [2.05, 4.69) is 0 Å². The molecule has 0 amide bonds. The summed E-state index contributed by atoms with van der Waals surface area (Å²) in [5, 5.41) is 10.7. The van der Waals surface area contributed by atoms with E-state index in [0.717, 1.165) is 16.4 Å². The third kappa shape index (κ3) is 1.08. The summed E-state index contributed by atoms with van der Waals surface area (Å²) in [7, 11) is 0. The van der Waals surface area contributed by atoms with Crippen LogP contribution in [0.4, 0.5) is 0 Å². The van der Waals surface area contributed by atoms with Crippen LogP contribution in [0.25, 0.3) is 0 Å². The molecule has 60 valence electrons. The van der Waals surface area contributed by atoms with Gasteiger partial charge in [0.15, 0.2) is 11.5 Å². The molecule has 1 N–H and O–H groups in total.